The number of nitrogens with two attached hydrogens (primary N) is 1. The fraction of sp³-hybridized carbons (Fsp3) is 0. The average molecular weight is 273 g/mol. The van der Waals surface area contributed by atoms with Crippen LogP contribution in [0, 0.1) is 5.82 Å². The summed E-state index contributed by atoms with van der Waals surface area (Å²) in [6.07, 6.45) is 0. The molecule has 1 aromatic carbocycles. The Labute approximate surface area is 92.7 Å². The van der Waals surface area contributed by atoms with Crippen LogP contribution >= 0.6 is 27.3 Å². The van der Waals surface area contributed by atoms with Crippen LogP contribution in [0.3, 0.4) is 0 Å². The summed E-state index contributed by atoms with van der Waals surface area (Å²) in [5, 5.41) is 2.55. The van der Waals surface area contributed by atoms with Crippen molar-refractivity contribution in [1.29, 1.82) is 0 Å². The van der Waals surface area contributed by atoms with E-state index in [1.54, 1.807) is 17.5 Å². The molecule has 72 valence electrons. The van der Waals surface area contributed by atoms with E-state index in [0.717, 1.165) is 10.6 Å². The molecule has 0 aliphatic carbocycles. The standard InChI is InChI=1S/C9H6BrFN2S/c10-6-3-5(1-2-7(6)11)9-13-8(12)4-14-9/h1-4H,12H2. The minimum atomic E-state index is -0.279. The van der Waals surface area contributed by atoms with Gasteiger partial charge in [-0.1, -0.05) is 0 Å². The van der Waals surface area contributed by atoms with Crippen LogP contribution in [-0.4, -0.2) is 4.98 Å². The second kappa shape index (κ2) is 3.67. The van der Waals surface area contributed by atoms with Gasteiger partial charge in [0.2, 0.25) is 0 Å². The molecule has 0 saturated heterocycles. The van der Waals surface area contributed by atoms with E-state index in [1.807, 2.05) is 0 Å². The Morgan fingerprint density at radius 1 is 1.43 bits per heavy atom. The van der Waals surface area contributed by atoms with Crippen molar-refractivity contribution in [3.63, 3.8) is 0 Å². The third kappa shape index (κ3) is 1.78. The van der Waals surface area contributed by atoms with E-state index >= 15 is 0 Å². The molecular weight excluding hydrogens is 267 g/mol. The maximum atomic E-state index is 12.9. The lowest BCUT2D eigenvalue weighted by Gasteiger charge is -1.97. The van der Waals surface area contributed by atoms with Crippen LogP contribution in [0.2, 0.25) is 0 Å². The second-order valence-corrected chi connectivity index (χ2v) is 4.42. The van der Waals surface area contributed by atoms with Crippen LogP contribution in [0.1, 0.15) is 0 Å². The van der Waals surface area contributed by atoms with E-state index in [2.05, 4.69) is 20.9 Å². The van der Waals surface area contributed by atoms with Gasteiger partial charge in [-0.2, -0.15) is 0 Å². The summed E-state index contributed by atoms with van der Waals surface area (Å²) in [4.78, 5) is 4.10. The van der Waals surface area contributed by atoms with E-state index in [0.29, 0.717) is 10.3 Å². The maximum absolute atomic E-state index is 12.9. The smallest absolute Gasteiger partial charge is 0.137 e. The third-order valence-electron chi connectivity index (χ3n) is 1.69. The summed E-state index contributed by atoms with van der Waals surface area (Å²) in [6, 6.07) is 4.77. The van der Waals surface area contributed by atoms with Crippen LogP contribution in [-0.2, 0) is 0 Å². The number of nitrogens with zero attached hydrogens (tertiary/aromatic N) is 1. The third-order valence-corrected chi connectivity index (χ3v) is 3.21. The normalized spacial score (nSPS) is 10.4. The number of thiazole rings is 1. The topological polar surface area (TPSA) is 38.9 Å². The Kier molecular flexibility index (Phi) is 2.52. The van der Waals surface area contributed by atoms with Gasteiger partial charge in [-0.15, -0.1) is 11.3 Å². The first kappa shape index (κ1) is 9.61. The first-order chi connectivity index (χ1) is 6.66. The predicted octanol–water partition coefficient (Wildman–Crippen LogP) is 3.29. The van der Waals surface area contributed by atoms with Crippen molar-refractivity contribution in [2.45, 2.75) is 0 Å². The molecule has 0 fully saturated rings. The second-order valence-electron chi connectivity index (χ2n) is 2.71. The minimum Gasteiger partial charge on any atom is -0.383 e. The lowest BCUT2D eigenvalue weighted by Crippen LogP contribution is -1.84. The summed E-state index contributed by atoms with van der Waals surface area (Å²) in [5.41, 5.74) is 6.36. The zero-order valence-corrected chi connectivity index (χ0v) is 9.40. The van der Waals surface area contributed by atoms with Crippen molar-refractivity contribution in [1.82, 2.24) is 4.98 Å². The average Bonchev–Trinajstić information content (AvgIpc) is 2.57. The summed E-state index contributed by atoms with van der Waals surface area (Å²) in [7, 11) is 0. The molecule has 1 aromatic heterocycles. The maximum Gasteiger partial charge on any atom is 0.137 e. The van der Waals surface area contributed by atoms with Crippen molar-refractivity contribution in [3.8, 4) is 10.6 Å². The Morgan fingerprint density at radius 2 is 2.21 bits per heavy atom. The summed E-state index contributed by atoms with van der Waals surface area (Å²) in [5.74, 6) is 0.212. The Bertz CT molecular complexity index is 470. The number of hydrogen-bond acceptors (Lipinski definition) is 3. The largest absolute Gasteiger partial charge is 0.383 e. The summed E-state index contributed by atoms with van der Waals surface area (Å²) >= 11 is 4.56. The predicted molar refractivity (Wildman–Crippen MR) is 59.6 cm³/mol. The molecule has 0 aliphatic rings. The molecule has 2 rings (SSSR count). The quantitative estimate of drug-likeness (QED) is 0.865. The van der Waals surface area contributed by atoms with Crippen molar-refractivity contribution >= 4 is 33.1 Å². The molecule has 0 radical (unpaired) electrons. The SMILES string of the molecule is Nc1csc(-c2ccc(F)c(Br)c2)n1. The van der Waals surface area contributed by atoms with Gasteiger partial charge in [0.1, 0.15) is 16.6 Å². The van der Waals surface area contributed by atoms with Crippen molar-refractivity contribution in [2.24, 2.45) is 0 Å². The molecule has 0 bridgehead atoms. The number of aromatic nitrogens is 1. The van der Waals surface area contributed by atoms with Crippen LogP contribution in [0.15, 0.2) is 28.1 Å². The fourth-order valence-corrected chi connectivity index (χ4v) is 2.13. The highest BCUT2D eigenvalue weighted by Gasteiger charge is 2.05. The molecule has 0 amide bonds. The molecule has 0 unspecified atom stereocenters. The van der Waals surface area contributed by atoms with E-state index in [4.69, 9.17) is 5.73 Å². The van der Waals surface area contributed by atoms with E-state index in [-0.39, 0.29) is 5.82 Å². The molecule has 0 saturated carbocycles. The van der Waals surface area contributed by atoms with Gasteiger partial charge < -0.3 is 5.73 Å². The molecule has 5 heteroatoms. The molecule has 2 nitrogen and oxygen atoms in total. The molecule has 14 heavy (non-hydrogen) atoms. The van der Waals surface area contributed by atoms with Crippen LogP contribution < -0.4 is 5.73 Å². The Morgan fingerprint density at radius 3 is 2.79 bits per heavy atom. The lowest BCUT2D eigenvalue weighted by atomic mass is 10.2. The van der Waals surface area contributed by atoms with E-state index < -0.39 is 0 Å². The van der Waals surface area contributed by atoms with Gasteiger partial charge >= 0.3 is 0 Å². The Hall–Kier alpha value is -0.940. The molecule has 2 aromatic rings. The summed E-state index contributed by atoms with van der Waals surface area (Å²) in [6.45, 7) is 0. The zero-order chi connectivity index (χ0) is 10.1. The number of hydrogen-bond donors (Lipinski definition) is 1. The molecule has 0 atom stereocenters. The Balaban J connectivity index is 2.47. The first-order valence-electron chi connectivity index (χ1n) is 3.83. The number of halogens is 2. The molecular formula is C9H6BrFN2S. The van der Waals surface area contributed by atoms with Crippen LogP contribution in [0.4, 0.5) is 10.2 Å². The van der Waals surface area contributed by atoms with Gasteiger partial charge in [-0.3, -0.25) is 0 Å². The zero-order valence-electron chi connectivity index (χ0n) is 7.00. The number of anilines is 1. The highest BCUT2D eigenvalue weighted by atomic mass is 79.9. The van der Waals surface area contributed by atoms with Gasteiger partial charge in [-0.25, -0.2) is 9.37 Å². The first-order valence-corrected chi connectivity index (χ1v) is 5.50. The number of benzene rings is 1. The molecule has 0 spiro atoms. The van der Waals surface area contributed by atoms with Gasteiger partial charge in [0.05, 0.1) is 4.47 Å². The van der Waals surface area contributed by atoms with Crippen LogP contribution in [0.25, 0.3) is 10.6 Å². The molecule has 1 heterocycles. The van der Waals surface area contributed by atoms with Gasteiger partial charge in [0.15, 0.2) is 0 Å². The monoisotopic (exact) mass is 272 g/mol. The van der Waals surface area contributed by atoms with Crippen molar-refractivity contribution in [3.05, 3.63) is 33.9 Å². The fourth-order valence-electron chi connectivity index (χ4n) is 1.05. The highest BCUT2D eigenvalue weighted by molar-refractivity contribution is 9.10. The summed E-state index contributed by atoms with van der Waals surface area (Å²) < 4.78 is 13.4. The highest BCUT2D eigenvalue weighted by Crippen LogP contribution is 2.28. The minimum absolute atomic E-state index is 0.279. The molecule has 2 N–H and O–H groups in total. The van der Waals surface area contributed by atoms with E-state index in [1.165, 1.54) is 17.4 Å². The van der Waals surface area contributed by atoms with Crippen LogP contribution in [0.5, 0.6) is 0 Å². The van der Waals surface area contributed by atoms with Gasteiger partial charge in [0.25, 0.3) is 0 Å². The van der Waals surface area contributed by atoms with Gasteiger partial charge in [0, 0.05) is 10.9 Å². The molecule has 0 aliphatic heterocycles. The van der Waals surface area contributed by atoms with Crippen molar-refractivity contribution < 1.29 is 4.39 Å². The van der Waals surface area contributed by atoms with Crippen molar-refractivity contribution in [2.75, 3.05) is 5.73 Å². The van der Waals surface area contributed by atoms with Gasteiger partial charge in [-0.05, 0) is 34.1 Å². The number of nitrogen functional groups attached to an aromatic ring is 1. The van der Waals surface area contributed by atoms with E-state index in [9.17, 15) is 4.39 Å². The lowest BCUT2D eigenvalue weighted by molar-refractivity contribution is 0.621. The number of rotatable bonds is 1.